The molecule has 0 spiro atoms. The van der Waals surface area contributed by atoms with E-state index in [1.165, 1.54) is 0 Å². The smallest absolute Gasteiger partial charge is 0.123 e. The summed E-state index contributed by atoms with van der Waals surface area (Å²) in [5, 5.41) is 12.7. The van der Waals surface area contributed by atoms with Crippen molar-refractivity contribution in [1.29, 1.82) is 0 Å². The van der Waals surface area contributed by atoms with Gasteiger partial charge in [-0.3, -0.25) is 0 Å². The van der Waals surface area contributed by atoms with Crippen molar-refractivity contribution in [3.05, 3.63) is 29.8 Å². The number of ether oxygens (including phenoxy) is 1. The van der Waals surface area contributed by atoms with Crippen molar-refractivity contribution >= 4 is 0 Å². The van der Waals surface area contributed by atoms with E-state index in [9.17, 15) is 5.11 Å². The molecule has 0 amide bonds. The molecule has 0 bridgehead atoms. The van der Waals surface area contributed by atoms with Gasteiger partial charge in [0, 0.05) is 17.6 Å². The Kier molecular flexibility index (Phi) is 6.01. The molecule has 1 rings (SSSR count). The van der Waals surface area contributed by atoms with Gasteiger partial charge in [-0.15, -0.1) is 0 Å². The fourth-order valence-electron chi connectivity index (χ4n) is 1.97. The number of aliphatic hydroxyl groups excluding tert-OH is 1. The number of rotatable bonds is 7. The summed E-state index contributed by atoms with van der Waals surface area (Å²) < 4.78 is 5.37. The maximum Gasteiger partial charge on any atom is 0.123 e. The van der Waals surface area contributed by atoms with Gasteiger partial charge in [0.1, 0.15) is 5.75 Å². The zero-order valence-electron chi connectivity index (χ0n) is 10.9. The number of hydrogen-bond acceptors (Lipinski definition) is 3. The van der Waals surface area contributed by atoms with E-state index in [1.54, 1.807) is 7.11 Å². The average Bonchev–Trinajstić information content (AvgIpc) is 2.40. The Labute approximate surface area is 104 Å². The van der Waals surface area contributed by atoms with Gasteiger partial charge in [0.15, 0.2) is 0 Å². The molecule has 96 valence electrons. The van der Waals surface area contributed by atoms with Gasteiger partial charge in [-0.2, -0.15) is 0 Å². The summed E-state index contributed by atoms with van der Waals surface area (Å²) in [6.07, 6.45) is 1.89. The zero-order chi connectivity index (χ0) is 12.7. The van der Waals surface area contributed by atoms with Gasteiger partial charge in [-0.1, -0.05) is 32.0 Å². The van der Waals surface area contributed by atoms with Crippen LogP contribution in [0.3, 0.4) is 0 Å². The first kappa shape index (κ1) is 14.0. The molecule has 0 aliphatic carbocycles. The fraction of sp³-hybridized carbons (Fsp3) is 0.571. The molecule has 0 aromatic heterocycles. The third-order valence-electron chi connectivity index (χ3n) is 3.07. The number of hydrogen-bond donors (Lipinski definition) is 2. The van der Waals surface area contributed by atoms with Crippen LogP contribution in [0.4, 0.5) is 0 Å². The molecule has 17 heavy (non-hydrogen) atoms. The van der Waals surface area contributed by atoms with E-state index in [-0.39, 0.29) is 18.7 Å². The Bertz CT molecular complexity index is 324. The number of methoxy groups -OCH3 is 1. The molecule has 2 atom stereocenters. The standard InChI is InChI=1S/C14H23NO2/c1-4-11(10-16)15-13(5-2)12-8-6-7-9-14(12)17-3/h6-9,11,13,15-16H,4-5,10H2,1-3H3. The van der Waals surface area contributed by atoms with Crippen LogP contribution < -0.4 is 10.1 Å². The van der Waals surface area contributed by atoms with Crippen LogP contribution in [0.1, 0.15) is 38.3 Å². The van der Waals surface area contributed by atoms with E-state index in [1.807, 2.05) is 18.2 Å². The van der Waals surface area contributed by atoms with E-state index in [0.29, 0.717) is 0 Å². The summed E-state index contributed by atoms with van der Waals surface area (Å²) in [5.41, 5.74) is 1.16. The van der Waals surface area contributed by atoms with Crippen LogP contribution in [0.5, 0.6) is 5.75 Å². The van der Waals surface area contributed by atoms with Gasteiger partial charge in [-0.05, 0) is 18.9 Å². The van der Waals surface area contributed by atoms with Crippen molar-refractivity contribution in [1.82, 2.24) is 5.32 Å². The van der Waals surface area contributed by atoms with Crippen LogP contribution in [0.15, 0.2) is 24.3 Å². The number of aliphatic hydroxyl groups is 1. The second-order valence-corrected chi connectivity index (χ2v) is 4.16. The van der Waals surface area contributed by atoms with Gasteiger partial charge in [0.2, 0.25) is 0 Å². The van der Waals surface area contributed by atoms with Crippen LogP contribution in [0.25, 0.3) is 0 Å². The van der Waals surface area contributed by atoms with E-state index in [4.69, 9.17) is 4.74 Å². The molecule has 0 aliphatic heterocycles. The third-order valence-corrected chi connectivity index (χ3v) is 3.07. The summed E-state index contributed by atoms with van der Waals surface area (Å²) >= 11 is 0. The first-order chi connectivity index (χ1) is 8.26. The molecule has 3 nitrogen and oxygen atoms in total. The Hall–Kier alpha value is -1.06. The third kappa shape index (κ3) is 3.72. The average molecular weight is 237 g/mol. The Morgan fingerprint density at radius 3 is 2.47 bits per heavy atom. The van der Waals surface area contributed by atoms with Crippen LogP contribution >= 0.6 is 0 Å². The first-order valence-electron chi connectivity index (χ1n) is 6.26. The minimum atomic E-state index is 0.143. The minimum absolute atomic E-state index is 0.143. The highest BCUT2D eigenvalue weighted by molar-refractivity contribution is 5.35. The molecule has 1 aromatic rings. The summed E-state index contributed by atoms with van der Waals surface area (Å²) in [6, 6.07) is 8.40. The van der Waals surface area contributed by atoms with Crippen molar-refractivity contribution in [2.24, 2.45) is 0 Å². The molecule has 0 aliphatic rings. The largest absolute Gasteiger partial charge is 0.496 e. The highest BCUT2D eigenvalue weighted by atomic mass is 16.5. The van der Waals surface area contributed by atoms with Gasteiger partial charge in [-0.25, -0.2) is 0 Å². The molecule has 2 unspecified atom stereocenters. The summed E-state index contributed by atoms with van der Waals surface area (Å²) in [5.74, 6) is 0.902. The maximum atomic E-state index is 9.25. The van der Waals surface area contributed by atoms with Gasteiger partial charge in [0.05, 0.1) is 13.7 Å². The topological polar surface area (TPSA) is 41.5 Å². The normalized spacial score (nSPS) is 14.4. The molecule has 0 radical (unpaired) electrons. The summed E-state index contributed by atoms with van der Waals surface area (Å²) in [6.45, 7) is 4.37. The lowest BCUT2D eigenvalue weighted by Gasteiger charge is -2.24. The molecule has 0 heterocycles. The lowest BCUT2D eigenvalue weighted by molar-refractivity contribution is 0.225. The van der Waals surface area contributed by atoms with Gasteiger partial charge in [0.25, 0.3) is 0 Å². The number of para-hydroxylation sites is 1. The summed E-state index contributed by atoms with van der Waals surface area (Å²) in [7, 11) is 1.69. The van der Waals surface area contributed by atoms with Crippen molar-refractivity contribution in [2.75, 3.05) is 13.7 Å². The minimum Gasteiger partial charge on any atom is -0.496 e. The van der Waals surface area contributed by atoms with Crippen LogP contribution in [-0.2, 0) is 0 Å². The molecular formula is C14H23NO2. The monoisotopic (exact) mass is 237 g/mol. The molecular weight excluding hydrogens is 214 g/mol. The van der Waals surface area contributed by atoms with Crippen molar-refractivity contribution in [3.63, 3.8) is 0 Å². The highest BCUT2D eigenvalue weighted by Crippen LogP contribution is 2.27. The van der Waals surface area contributed by atoms with Gasteiger partial charge < -0.3 is 15.2 Å². The molecule has 2 N–H and O–H groups in total. The second kappa shape index (κ2) is 7.30. The molecule has 1 aromatic carbocycles. The Balaban J connectivity index is 2.85. The zero-order valence-corrected chi connectivity index (χ0v) is 10.9. The lowest BCUT2D eigenvalue weighted by Crippen LogP contribution is -2.35. The SMILES string of the molecule is CCC(CO)NC(CC)c1ccccc1OC. The lowest BCUT2D eigenvalue weighted by atomic mass is 10.0. The predicted molar refractivity (Wildman–Crippen MR) is 70.3 cm³/mol. The molecule has 0 fully saturated rings. The Morgan fingerprint density at radius 2 is 1.94 bits per heavy atom. The molecule has 0 saturated heterocycles. The van der Waals surface area contributed by atoms with Crippen molar-refractivity contribution in [2.45, 2.75) is 38.8 Å². The van der Waals surface area contributed by atoms with Crippen molar-refractivity contribution in [3.8, 4) is 5.75 Å². The quantitative estimate of drug-likeness (QED) is 0.765. The van der Waals surface area contributed by atoms with Gasteiger partial charge >= 0.3 is 0 Å². The van der Waals surface area contributed by atoms with E-state index in [0.717, 1.165) is 24.2 Å². The van der Waals surface area contributed by atoms with Crippen LogP contribution in [0.2, 0.25) is 0 Å². The van der Waals surface area contributed by atoms with Crippen LogP contribution in [-0.4, -0.2) is 24.9 Å². The van der Waals surface area contributed by atoms with E-state index < -0.39 is 0 Å². The predicted octanol–water partition coefficient (Wildman–Crippen LogP) is 2.51. The first-order valence-corrected chi connectivity index (χ1v) is 6.26. The highest BCUT2D eigenvalue weighted by Gasteiger charge is 2.16. The number of nitrogens with one attached hydrogen (secondary N) is 1. The molecule has 0 saturated carbocycles. The Morgan fingerprint density at radius 1 is 1.24 bits per heavy atom. The van der Waals surface area contributed by atoms with Crippen LogP contribution in [0, 0.1) is 0 Å². The van der Waals surface area contributed by atoms with E-state index >= 15 is 0 Å². The second-order valence-electron chi connectivity index (χ2n) is 4.16. The summed E-state index contributed by atoms with van der Waals surface area (Å²) in [4.78, 5) is 0. The fourth-order valence-corrected chi connectivity index (χ4v) is 1.97. The molecule has 3 heteroatoms. The maximum absolute atomic E-state index is 9.25. The van der Waals surface area contributed by atoms with E-state index in [2.05, 4.69) is 25.2 Å². The number of benzene rings is 1. The van der Waals surface area contributed by atoms with Crippen molar-refractivity contribution < 1.29 is 9.84 Å².